The van der Waals surface area contributed by atoms with Gasteiger partial charge in [-0.25, -0.2) is 4.98 Å². The second-order valence-corrected chi connectivity index (χ2v) is 13.7. The van der Waals surface area contributed by atoms with E-state index in [1.54, 1.807) is 0 Å². The van der Waals surface area contributed by atoms with Gasteiger partial charge in [-0.2, -0.15) is 0 Å². The minimum absolute atomic E-state index is 0.892. The third kappa shape index (κ3) is 4.69. The van der Waals surface area contributed by atoms with E-state index in [1.165, 1.54) is 32.9 Å². The summed E-state index contributed by atoms with van der Waals surface area (Å²) in [7, 11) is 0. The molecule has 5 nitrogen and oxygen atoms in total. The molecule has 3 heterocycles. The zero-order valence-electron chi connectivity index (χ0n) is 29.3. The van der Waals surface area contributed by atoms with Crippen molar-refractivity contribution in [3.63, 3.8) is 0 Å². The quantitative estimate of drug-likeness (QED) is 0.174. The van der Waals surface area contributed by atoms with Crippen LogP contribution in [0, 0.1) is 0 Å². The van der Waals surface area contributed by atoms with Crippen LogP contribution in [0.3, 0.4) is 0 Å². The van der Waals surface area contributed by atoms with Gasteiger partial charge in [-0.15, -0.1) is 0 Å². The Morgan fingerprint density at radius 2 is 0.944 bits per heavy atom. The molecule has 0 unspecified atom stereocenters. The number of rotatable bonds is 6. The molecule has 0 atom stereocenters. The first-order chi connectivity index (χ1) is 26.8. The van der Waals surface area contributed by atoms with Gasteiger partial charge in [0, 0.05) is 33.5 Å². The summed E-state index contributed by atoms with van der Waals surface area (Å²) < 4.78 is 6.92. The highest BCUT2D eigenvalue weighted by Crippen LogP contribution is 2.41. The Morgan fingerprint density at radius 3 is 1.76 bits per heavy atom. The lowest BCUT2D eigenvalue weighted by Crippen LogP contribution is -2.10. The summed E-state index contributed by atoms with van der Waals surface area (Å²) in [6.07, 6.45) is 0. The fraction of sp³-hybridized carbons (Fsp3) is 0. The van der Waals surface area contributed by atoms with E-state index in [4.69, 9.17) is 4.98 Å². The van der Waals surface area contributed by atoms with E-state index in [9.17, 15) is 0 Å². The van der Waals surface area contributed by atoms with Gasteiger partial charge in [0.25, 0.3) is 0 Å². The number of para-hydroxylation sites is 6. The lowest BCUT2D eigenvalue weighted by atomic mass is 10.0. The van der Waals surface area contributed by atoms with Crippen molar-refractivity contribution >= 4 is 66.7 Å². The third-order valence-electron chi connectivity index (χ3n) is 10.6. The van der Waals surface area contributed by atoms with E-state index in [0.717, 1.165) is 56.3 Å². The number of hydrogen-bond acceptors (Lipinski definition) is 2. The highest BCUT2D eigenvalue weighted by molar-refractivity contribution is 6.10. The Morgan fingerprint density at radius 1 is 0.352 bits per heavy atom. The molecular formula is C49H33N5. The molecule has 0 fully saturated rings. The maximum atomic E-state index is 5.16. The molecule has 0 N–H and O–H groups in total. The topological polar surface area (TPSA) is 30.4 Å². The van der Waals surface area contributed by atoms with Crippen molar-refractivity contribution in [1.29, 1.82) is 0 Å². The second kappa shape index (κ2) is 12.1. The lowest BCUT2D eigenvalue weighted by Gasteiger charge is -2.26. The number of aromatic nitrogens is 4. The molecule has 54 heavy (non-hydrogen) atoms. The number of imidazole rings is 2. The van der Waals surface area contributed by atoms with Crippen LogP contribution in [0.25, 0.3) is 72.2 Å². The van der Waals surface area contributed by atoms with Crippen molar-refractivity contribution in [2.75, 3.05) is 4.90 Å². The Hall–Kier alpha value is -7.37. The summed E-state index contributed by atoms with van der Waals surface area (Å²) in [6.45, 7) is 0. The first kappa shape index (κ1) is 30.3. The Bertz CT molecular complexity index is 3150. The fourth-order valence-corrected chi connectivity index (χ4v) is 8.21. The highest BCUT2D eigenvalue weighted by atomic mass is 15.2. The molecule has 0 saturated carbocycles. The van der Waals surface area contributed by atoms with Crippen LogP contribution in [-0.2, 0) is 0 Å². The summed E-state index contributed by atoms with van der Waals surface area (Å²) in [5, 5.41) is 2.43. The second-order valence-electron chi connectivity index (χ2n) is 13.7. The van der Waals surface area contributed by atoms with Crippen LogP contribution in [0.2, 0.25) is 0 Å². The molecule has 254 valence electrons. The molecule has 3 aromatic heterocycles. The van der Waals surface area contributed by atoms with Crippen LogP contribution in [-0.4, -0.2) is 18.5 Å². The van der Waals surface area contributed by atoms with Gasteiger partial charge in [0.2, 0.25) is 5.78 Å². The number of benzene rings is 8. The van der Waals surface area contributed by atoms with Crippen LogP contribution in [0.5, 0.6) is 0 Å². The predicted molar refractivity (Wildman–Crippen MR) is 224 cm³/mol. The Balaban J connectivity index is 1.13. The number of fused-ring (bicyclic) bond motifs is 8. The molecule has 0 bridgehead atoms. The van der Waals surface area contributed by atoms with E-state index in [-0.39, 0.29) is 0 Å². The largest absolute Gasteiger partial charge is 0.310 e. The van der Waals surface area contributed by atoms with Crippen LogP contribution in [0.4, 0.5) is 17.1 Å². The van der Waals surface area contributed by atoms with Crippen molar-refractivity contribution in [1.82, 2.24) is 18.5 Å². The van der Waals surface area contributed by atoms with E-state index in [1.807, 2.05) is 0 Å². The van der Waals surface area contributed by atoms with Gasteiger partial charge in [-0.3, -0.25) is 8.97 Å². The van der Waals surface area contributed by atoms with Crippen molar-refractivity contribution in [2.45, 2.75) is 0 Å². The maximum absolute atomic E-state index is 5.16. The predicted octanol–water partition coefficient (Wildman–Crippen LogP) is 12.7. The molecule has 11 rings (SSSR count). The first-order valence-electron chi connectivity index (χ1n) is 18.3. The molecule has 8 aromatic carbocycles. The molecule has 11 aromatic rings. The molecule has 5 heteroatoms. The van der Waals surface area contributed by atoms with Crippen LogP contribution >= 0.6 is 0 Å². The zero-order valence-corrected chi connectivity index (χ0v) is 29.3. The van der Waals surface area contributed by atoms with E-state index in [2.05, 4.69) is 219 Å². The number of nitrogens with zero attached hydrogens (tertiary/aromatic N) is 5. The normalized spacial score (nSPS) is 11.7. The van der Waals surface area contributed by atoms with Crippen LogP contribution in [0.15, 0.2) is 200 Å². The SMILES string of the molecule is c1ccc(-c2ccc(N(c3cccc(-n4c5ccccc5n5c6ccccc6nc45)c3)c3ccc4c(c3)c3ccccc3n4-c3ccccc3)cc2)cc1. The van der Waals surface area contributed by atoms with Gasteiger partial charge < -0.3 is 9.47 Å². The van der Waals surface area contributed by atoms with Gasteiger partial charge in [0.1, 0.15) is 0 Å². The number of hydrogen-bond donors (Lipinski definition) is 0. The molecule has 0 aliphatic heterocycles. The monoisotopic (exact) mass is 691 g/mol. The highest BCUT2D eigenvalue weighted by Gasteiger charge is 2.20. The third-order valence-corrected chi connectivity index (χ3v) is 10.6. The summed E-state index contributed by atoms with van der Waals surface area (Å²) in [5.41, 5.74) is 14.5. The lowest BCUT2D eigenvalue weighted by molar-refractivity contribution is 1.11. The van der Waals surface area contributed by atoms with E-state index >= 15 is 0 Å². The molecule has 0 aliphatic carbocycles. The number of anilines is 3. The average molecular weight is 692 g/mol. The van der Waals surface area contributed by atoms with Crippen LogP contribution < -0.4 is 4.90 Å². The van der Waals surface area contributed by atoms with E-state index in [0.29, 0.717) is 0 Å². The van der Waals surface area contributed by atoms with Crippen LogP contribution in [0.1, 0.15) is 0 Å². The standard InChI is InChI=1S/C49H33N5/c1-3-14-34(15-4-1)35-26-28-37(29-27-35)51(40-30-31-45-42(33-40)41-20-7-9-22-44(41)52(45)36-16-5-2-6-17-36)38-18-13-19-39(32-38)53-47-24-11-12-25-48(47)54-46-23-10-8-21-43(46)50-49(53)54/h1-33H. The minimum Gasteiger partial charge on any atom is -0.310 e. The van der Waals surface area contributed by atoms with E-state index < -0.39 is 0 Å². The fourth-order valence-electron chi connectivity index (χ4n) is 8.21. The average Bonchev–Trinajstić information content (AvgIpc) is 3.89. The van der Waals surface area contributed by atoms with Crippen molar-refractivity contribution < 1.29 is 0 Å². The summed E-state index contributed by atoms with van der Waals surface area (Å²) in [4.78, 5) is 7.53. The molecule has 0 amide bonds. The molecule has 0 radical (unpaired) electrons. The summed E-state index contributed by atoms with van der Waals surface area (Å²) in [5.74, 6) is 0.892. The Labute approximate surface area is 311 Å². The molecule has 0 saturated heterocycles. The Kier molecular flexibility index (Phi) is 6.79. The van der Waals surface area contributed by atoms with Gasteiger partial charge in [0.05, 0.1) is 38.8 Å². The smallest absolute Gasteiger partial charge is 0.220 e. The molecular weight excluding hydrogens is 659 g/mol. The van der Waals surface area contributed by atoms with Gasteiger partial charge >= 0.3 is 0 Å². The van der Waals surface area contributed by atoms with Crippen molar-refractivity contribution in [2.24, 2.45) is 0 Å². The van der Waals surface area contributed by atoms with Crippen molar-refractivity contribution in [3.8, 4) is 22.5 Å². The van der Waals surface area contributed by atoms with Crippen molar-refractivity contribution in [3.05, 3.63) is 200 Å². The summed E-state index contributed by atoms with van der Waals surface area (Å²) in [6, 6.07) is 71.4. The van der Waals surface area contributed by atoms with Gasteiger partial charge in [-0.1, -0.05) is 109 Å². The van der Waals surface area contributed by atoms with Gasteiger partial charge in [-0.05, 0) is 102 Å². The maximum Gasteiger partial charge on any atom is 0.220 e. The van der Waals surface area contributed by atoms with Gasteiger partial charge in [0.15, 0.2) is 0 Å². The molecule has 0 aliphatic rings. The first-order valence-corrected chi connectivity index (χ1v) is 18.3. The summed E-state index contributed by atoms with van der Waals surface area (Å²) >= 11 is 0. The minimum atomic E-state index is 0.892. The molecule has 0 spiro atoms. The zero-order chi connectivity index (χ0) is 35.6.